The fourth-order valence-corrected chi connectivity index (χ4v) is 1.58. The quantitative estimate of drug-likeness (QED) is 0.315. The third kappa shape index (κ3) is 7.82. The Kier molecular flexibility index (Phi) is 10.3. The van der Waals surface area contributed by atoms with Crippen molar-refractivity contribution in [3.8, 4) is 23.9 Å². The third-order valence-corrected chi connectivity index (χ3v) is 3.22. The van der Waals surface area contributed by atoms with E-state index in [1.165, 1.54) is 36.7 Å². The van der Waals surface area contributed by atoms with E-state index in [9.17, 15) is 4.79 Å². The van der Waals surface area contributed by atoms with Crippen molar-refractivity contribution in [3.63, 3.8) is 0 Å². The maximum absolute atomic E-state index is 11.1. The molecule has 0 saturated heterocycles. The summed E-state index contributed by atoms with van der Waals surface area (Å²) in [4.78, 5) is 11.1. The van der Waals surface area contributed by atoms with Gasteiger partial charge in [0, 0.05) is 5.57 Å². The molecule has 0 atom stereocenters. The van der Waals surface area contributed by atoms with Gasteiger partial charge in [0.2, 0.25) is 6.33 Å². The smallest absolute Gasteiger partial charge is 0.383 e. The van der Waals surface area contributed by atoms with Crippen LogP contribution in [0.5, 0.6) is 0 Å². The highest BCUT2D eigenvalue weighted by Gasteiger charge is 2.22. The van der Waals surface area contributed by atoms with Gasteiger partial charge in [0.05, 0.1) is 6.54 Å². The lowest BCUT2D eigenvalue weighted by atomic mass is 9.30. The highest BCUT2D eigenvalue weighted by Crippen LogP contribution is 1.94. The predicted octanol–water partition coefficient (Wildman–Crippen LogP) is 1.38. The van der Waals surface area contributed by atoms with E-state index in [4.69, 9.17) is 25.8 Å². The molecule has 0 saturated carbocycles. The number of hydrogen-bond acceptors (Lipinski definition) is 6. The zero-order valence-electron chi connectivity index (χ0n) is 15.1. The van der Waals surface area contributed by atoms with E-state index < -0.39 is 6.15 Å². The van der Waals surface area contributed by atoms with Crippen molar-refractivity contribution in [1.29, 1.82) is 21.0 Å². The number of nitrogens with zero attached hydrogens (tertiary/aromatic N) is 6. The Labute approximate surface area is 153 Å². The van der Waals surface area contributed by atoms with Crippen molar-refractivity contribution in [1.82, 2.24) is 4.57 Å². The minimum atomic E-state index is -2.72. The van der Waals surface area contributed by atoms with Crippen molar-refractivity contribution in [2.45, 2.75) is 39.8 Å². The Hall–Kier alpha value is -3.56. The maximum atomic E-state index is 11.1. The number of aromatic nitrogens is 2. The Morgan fingerprint density at radius 1 is 1.23 bits per heavy atom. The Morgan fingerprint density at radius 2 is 1.81 bits per heavy atom. The molecule has 1 rings (SSSR count). The Bertz CT molecular complexity index is 726. The van der Waals surface area contributed by atoms with E-state index in [0.29, 0.717) is 18.7 Å². The SMILES string of the molecule is C=C(C)C(=O)OCCn1cc[n+](CCCC)c1.N#C[B-](C#N)(C#N)C#N. The van der Waals surface area contributed by atoms with Crippen molar-refractivity contribution >= 4 is 12.1 Å². The summed E-state index contributed by atoms with van der Waals surface area (Å²) in [6, 6.07) is 0. The molecule has 8 nitrogen and oxygen atoms in total. The molecule has 1 aromatic rings. The molecule has 0 radical (unpaired) electrons. The van der Waals surface area contributed by atoms with Crippen LogP contribution in [-0.2, 0) is 22.6 Å². The number of carbonyl (C=O) groups excluding carboxylic acids is 1. The maximum Gasteiger partial charge on any atom is 0.383 e. The second-order valence-electron chi connectivity index (χ2n) is 5.54. The van der Waals surface area contributed by atoms with Crippen molar-refractivity contribution < 1.29 is 14.1 Å². The minimum Gasteiger partial charge on any atom is -0.458 e. The van der Waals surface area contributed by atoms with E-state index in [-0.39, 0.29) is 5.97 Å². The molecule has 0 aliphatic rings. The molecule has 0 fully saturated rings. The molecule has 0 bridgehead atoms. The summed E-state index contributed by atoms with van der Waals surface area (Å²) in [5, 5.41) is 32.3. The topological polar surface area (TPSA) is 130 Å². The first-order valence-electron chi connectivity index (χ1n) is 8.06. The number of unbranched alkanes of at least 4 members (excludes halogenated alkanes) is 1. The van der Waals surface area contributed by atoms with E-state index in [2.05, 4.69) is 18.1 Å². The molecule has 9 heteroatoms. The number of ether oxygens (including phenoxy) is 1. The third-order valence-electron chi connectivity index (χ3n) is 3.22. The van der Waals surface area contributed by atoms with Gasteiger partial charge in [-0.05, 0) is 13.3 Å². The monoisotopic (exact) mass is 352 g/mol. The molecule has 0 N–H and O–H groups in total. The van der Waals surface area contributed by atoms with Gasteiger partial charge >= 0.3 is 12.1 Å². The van der Waals surface area contributed by atoms with Crippen LogP contribution in [0.25, 0.3) is 0 Å². The molecular formula is C17H21BN6O2. The van der Waals surface area contributed by atoms with E-state index in [0.717, 1.165) is 6.54 Å². The summed E-state index contributed by atoms with van der Waals surface area (Å²) < 4.78 is 9.19. The van der Waals surface area contributed by atoms with Crippen LogP contribution in [0.15, 0.2) is 30.9 Å². The van der Waals surface area contributed by atoms with Crippen LogP contribution in [0.3, 0.4) is 0 Å². The molecule has 1 heterocycles. The molecule has 0 spiro atoms. The van der Waals surface area contributed by atoms with Crippen LogP contribution >= 0.6 is 0 Å². The number of rotatable bonds is 7. The highest BCUT2D eigenvalue weighted by molar-refractivity contribution is 7.05. The number of carbonyl (C=O) groups is 1. The van der Waals surface area contributed by atoms with Gasteiger partial charge in [-0.2, -0.15) is 0 Å². The molecule has 0 unspecified atom stereocenters. The van der Waals surface area contributed by atoms with Crippen LogP contribution in [0, 0.1) is 44.9 Å². The van der Waals surface area contributed by atoms with Crippen LogP contribution < -0.4 is 4.57 Å². The second-order valence-corrected chi connectivity index (χ2v) is 5.54. The summed E-state index contributed by atoms with van der Waals surface area (Å²) in [6.45, 7) is 9.46. The summed E-state index contributed by atoms with van der Waals surface area (Å²) in [5.41, 5.74) is 0.440. The number of aryl methyl sites for hydroxylation is 1. The average molecular weight is 352 g/mol. The van der Waals surface area contributed by atoms with Gasteiger partial charge in [-0.15, -0.1) is 23.9 Å². The number of imidazole rings is 1. The standard InChI is InChI=1S/C13H21N2O2.C4BN4/c1-4-5-6-14-7-8-15(11-14)9-10-17-13(16)12(2)3;6-1-5(2-7,3-8)4-9/h7-8,11H,2,4-6,9-10H2,1,3H3;/q+1;-1. The van der Waals surface area contributed by atoms with Gasteiger partial charge in [-0.1, -0.05) is 19.9 Å². The van der Waals surface area contributed by atoms with Gasteiger partial charge in [0.15, 0.2) is 0 Å². The Morgan fingerprint density at radius 3 is 2.23 bits per heavy atom. The fraction of sp³-hybridized carbons (Fsp3) is 0.412. The average Bonchev–Trinajstić information content (AvgIpc) is 3.10. The van der Waals surface area contributed by atoms with E-state index in [1.54, 1.807) is 6.92 Å². The lowest BCUT2D eigenvalue weighted by molar-refractivity contribution is -0.696. The molecule has 0 aliphatic heterocycles. The van der Waals surface area contributed by atoms with Crippen molar-refractivity contribution in [2.75, 3.05) is 6.61 Å². The minimum absolute atomic E-state index is 0.323. The van der Waals surface area contributed by atoms with Gasteiger partial charge < -0.3 is 4.74 Å². The second kappa shape index (κ2) is 11.9. The normalized spacial score (nSPS) is 9.31. The van der Waals surface area contributed by atoms with E-state index in [1.807, 2.05) is 23.3 Å². The van der Waals surface area contributed by atoms with Crippen LogP contribution in [0.1, 0.15) is 26.7 Å². The van der Waals surface area contributed by atoms with Crippen molar-refractivity contribution in [2.24, 2.45) is 0 Å². The lowest BCUT2D eigenvalue weighted by Gasteiger charge is -2.01. The first kappa shape index (κ1) is 22.4. The van der Waals surface area contributed by atoms with Gasteiger partial charge in [0.1, 0.15) is 25.5 Å². The lowest BCUT2D eigenvalue weighted by Crippen LogP contribution is -2.30. The van der Waals surface area contributed by atoms with Gasteiger partial charge in [0.25, 0.3) is 0 Å². The fourth-order valence-electron chi connectivity index (χ4n) is 1.58. The van der Waals surface area contributed by atoms with Crippen LogP contribution in [0.4, 0.5) is 0 Å². The largest absolute Gasteiger partial charge is 0.458 e. The summed E-state index contributed by atoms with van der Waals surface area (Å²) in [6.07, 6.45) is 5.71. The van der Waals surface area contributed by atoms with Gasteiger partial charge in [-0.25, -0.2) is 35.0 Å². The summed E-state index contributed by atoms with van der Waals surface area (Å²) >= 11 is 0. The molecule has 0 aliphatic carbocycles. The highest BCUT2D eigenvalue weighted by atomic mass is 16.5. The number of nitriles is 4. The predicted molar refractivity (Wildman–Crippen MR) is 93.5 cm³/mol. The zero-order valence-corrected chi connectivity index (χ0v) is 15.1. The zero-order chi connectivity index (χ0) is 20.0. The molecule has 134 valence electrons. The molecule has 1 aromatic heterocycles. The molecule has 26 heavy (non-hydrogen) atoms. The Balaban J connectivity index is 0.000000590. The van der Waals surface area contributed by atoms with Crippen molar-refractivity contribution in [3.05, 3.63) is 30.9 Å². The first-order chi connectivity index (χ1) is 12.4. The summed E-state index contributed by atoms with van der Waals surface area (Å²) in [7, 11) is 0. The van der Waals surface area contributed by atoms with Gasteiger partial charge in [-0.3, -0.25) is 0 Å². The molecule has 0 amide bonds. The van der Waals surface area contributed by atoms with E-state index >= 15 is 0 Å². The molecular weight excluding hydrogens is 331 g/mol. The molecule has 0 aromatic carbocycles. The first-order valence-corrected chi connectivity index (χ1v) is 8.06. The summed E-state index contributed by atoms with van der Waals surface area (Å²) in [5.74, 6) is 5.05. The van der Waals surface area contributed by atoms with Crippen LogP contribution in [-0.4, -0.2) is 23.3 Å². The number of esters is 1. The number of hydrogen-bond donors (Lipinski definition) is 0. The van der Waals surface area contributed by atoms with Crippen LogP contribution in [0.2, 0.25) is 0 Å².